The van der Waals surface area contributed by atoms with Gasteiger partial charge in [0.2, 0.25) is 0 Å². The number of alkyl halides is 1. The van der Waals surface area contributed by atoms with Gasteiger partial charge in [-0.15, -0.1) is 0 Å². The smallest absolute Gasteiger partial charge is 0.273 e. The van der Waals surface area contributed by atoms with Crippen LogP contribution in [-0.4, -0.2) is 33.6 Å². The van der Waals surface area contributed by atoms with E-state index in [4.69, 9.17) is 0 Å². The van der Waals surface area contributed by atoms with E-state index < -0.39 is 4.92 Å². The van der Waals surface area contributed by atoms with Gasteiger partial charge in [0.1, 0.15) is 0 Å². The van der Waals surface area contributed by atoms with Crippen molar-refractivity contribution in [2.24, 2.45) is 0 Å². The fourth-order valence-corrected chi connectivity index (χ4v) is 2.73. The summed E-state index contributed by atoms with van der Waals surface area (Å²) in [6.45, 7) is 2.31. The van der Waals surface area contributed by atoms with Crippen molar-refractivity contribution in [3.8, 4) is 0 Å². The van der Waals surface area contributed by atoms with Crippen LogP contribution in [0.4, 0.5) is 5.69 Å². The fourth-order valence-electron chi connectivity index (χ4n) is 2.34. The first-order valence-electron chi connectivity index (χ1n) is 6.66. The van der Waals surface area contributed by atoms with Crippen molar-refractivity contribution in [1.29, 1.82) is 0 Å². The van der Waals surface area contributed by atoms with Gasteiger partial charge in [-0.2, -0.15) is 0 Å². The number of hydrogen-bond acceptors (Lipinski definition) is 3. The van der Waals surface area contributed by atoms with E-state index in [0.717, 1.165) is 19.3 Å². The maximum Gasteiger partial charge on any atom is 0.273 e. The van der Waals surface area contributed by atoms with Crippen LogP contribution in [0.2, 0.25) is 0 Å². The summed E-state index contributed by atoms with van der Waals surface area (Å²) in [6.07, 6.45) is 3.18. The lowest BCUT2D eigenvalue weighted by atomic mass is 9.91. The summed E-state index contributed by atoms with van der Waals surface area (Å²) in [5.41, 5.74) is 0.973. The highest BCUT2D eigenvalue weighted by atomic mass is 79.9. The molecule has 1 aliphatic rings. The van der Waals surface area contributed by atoms with Crippen molar-refractivity contribution < 1.29 is 9.72 Å². The number of hydrogen-bond donors (Lipinski definition) is 0. The van der Waals surface area contributed by atoms with Gasteiger partial charge in [0, 0.05) is 35.1 Å². The Kier molecular flexibility index (Phi) is 4.75. The van der Waals surface area contributed by atoms with Crippen LogP contribution >= 0.6 is 15.9 Å². The van der Waals surface area contributed by atoms with Crippen molar-refractivity contribution in [2.75, 3.05) is 11.9 Å². The van der Waals surface area contributed by atoms with Crippen LogP contribution in [0.15, 0.2) is 18.2 Å². The molecular formula is C14H17BrN2O3. The molecule has 1 aliphatic carbocycles. The van der Waals surface area contributed by atoms with E-state index in [1.807, 2.05) is 4.90 Å². The highest BCUT2D eigenvalue weighted by Gasteiger charge is 2.29. The van der Waals surface area contributed by atoms with Crippen LogP contribution in [0, 0.1) is 17.0 Å². The number of amides is 1. The normalized spacial score (nSPS) is 14.7. The molecule has 1 aromatic carbocycles. The van der Waals surface area contributed by atoms with Gasteiger partial charge < -0.3 is 4.90 Å². The van der Waals surface area contributed by atoms with E-state index in [1.54, 1.807) is 19.1 Å². The zero-order valence-corrected chi connectivity index (χ0v) is 12.9. The predicted octanol–water partition coefficient (Wildman–Crippen LogP) is 3.29. The first-order chi connectivity index (χ1) is 9.54. The molecule has 5 nitrogen and oxygen atoms in total. The standard InChI is InChI=1S/C14H17BrN2O3/c1-10-5-6-11(9-13(10)17(19)20)14(18)16(8-7-15)12-3-2-4-12/h5-6,9,12H,2-4,7-8H2,1H3. The molecule has 0 N–H and O–H groups in total. The summed E-state index contributed by atoms with van der Waals surface area (Å²) in [5, 5.41) is 11.7. The van der Waals surface area contributed by atoms with E-state index in [0.29, 0.717) is 23.0 Å². The van der Waals surface area contributed by atoms with Crippen molar-refractivity contribution in [3.63, 3.8) is 0 Å². The zero-order valence-electron chi connectivity index (χ0n) is 11.3. The number of rotatable bonds is 5. The molecule has 1 amide bonds. The minimum Gasteiger partial charge on any atom is -0.335 e. The Morgan fingerprint density at radius 2 is 2.20 bits per heavy atom. The highest BCUT2D eigenvalue weighted by Crippen LogP contribution is 2.27. The number of aryl methyl sites for hydroxylation is 1. The molecule has 1 saturated carbocycles. The van der Waals surface area contributed by atoms with Gasteiger partial charge in [-0.3, -0.25) is 14.9 Å². The molecule has 20 heavy (non-hydrogen) atoms. The second-order valence-electron chi connectivity index (χ2n) is 5.03. The lowest BCUT2D eigenvalue weighted by Gasteiger charge is -2.37. The van der Waals surface area contributed by atoms with E-state index in [9.17, 15) is 14.9 Å². The Labute approximate surface area is 126 Å². The molecule has 0 aliphatic heterocycles. The minimum absolute atomic E-state index is 0.00301. The number of carbonyl (C=O) groups is 1. The number of benzene rings is 1. The Morgan fingerprint density at radius 3 is 2.70 bits per heavy atom. The van der Waals surface area contributed by atoms with Crippen molar-refractivity contribution in [2.45, 2.75) is 32.2 Å². The Hall–Kier alpha value is -1.43. The van der Waals surface area contributed by atoms with Crippen LogP contribution in [0.5, 0.6) is 0 Å². The molecule has 0 radical (unpaired) electrons. The lowest BCUT2D eigenvalue weighted by Crippen LogP contribution is -2.45. The van der Waals surface area contributed by atoms with Crippen molar-refractivity contribution in [1.82, 2.24) is 4.90 Å². The predicted molar refractivity (Wildman–Crippen MR) is 80.3 cm³/mol. The molecule has 0 spiro atoms. The quantitative estimate of drug-likeness (QED) is 0.469. The molecule has 2 rings (SSSR count). The van der Waals surface area contributed by atoms with Gasteiger partial charge in [0.25, 0.3) is 11.6 Å². The number of halogens is 1. The summed E-state index contributed by atoms with van der Waals surface area (Å²) in [6, 6.07) is 4.97. The molecule has 1 aromatic rings. The summed E-state index contributed by atoms with van der Waals surface area (Å²) < 4.78 is 0. The molecule has 6 heteroatoms. The Bertz CT molecular complexity index is 529. The van der Waals surface area contributed by atoms with Gasteiger partial charge in [-0.1, -0.05) is 22.0 Å². The molecule has 0 heterocycles. The molecule has 0 bridgehead atoms. The monoisotopic (exact) mass is 340 g/mol. The van der Waals surface area contributed by atoms with E-state index >= 15 is 0 Å². The third kappa shape index (κ3) is 3.00. The van der Waals surface area contributed by atoms with Crippen molar-refractivity contribution in [3.05, 3.63) is 39.4 Å². The second-order valence-corrected chi connectivity index (χ2v) is 5.82. The summed E-state index contributed by atoms with van der Waals surface area (Å²) in [4.78, 5) is 24.9. The van der Waals surface area contributed by atoms with Gasteiger partial charge in [-0.25, -0.2) is 0 Å². The van der Waals surface area contributed by atoms with E-state index in [1.165, 1.54) is 6.07 Å². The van der Waals surface area contributed by atoms with Crippen LogP contribution < -0.4 is 0 Å². The number of nitrogens with zero attached hydrogens (tertiary/aromatic N) is 2. The lowest BCUT2D eigenvalue weighted by molar-refractivity contribution is -0.385. The van der Waals surface area contributed by atoms with Crippen LogP contribution in [-0.2, 0) is 0 Å². The Morgan fingerprint density at radius 1 is 1.50 bits per heavy atom. The molecule has 0 aromatic heterocycles. The van der Waals surface area contributed by atoms with Crippen LogP contribution in [0.25, 0.3) is 0 Å². The van der Waals surface area contributed by atoms with Crippen molar-refractivity contribution >= 4 is 27.5 Å². The summed E-state index contributed by atoms with van der Waals surface area (Å²) >= 11 is 3.36. The highest BCUT2D eigenvalue weighted by molar-refractivity contribution is 9.09. The third-order valence-corrected chi connectivity index (χ3v) is 4.11. The van der Waals surface area contributed by atoms with E-state index in [-0.39, 0.29) is 17.6 Å². The number of carbonyl (C=O) groups excluding carboxylic acids is 1. The van der Waals surface area contributed by atoms with Gasteiger partial charge >= 0.3 is 0 Å². The maximum atomic E-state index is 12.5. The molecule has 0 saturated heterocycles. The molecule has 0 unspecified atom stereocenters. The topological polar surface area (TPSA) is 63.5 Å². The Balaban J connectivity index is 2.26. The van der Waals surface area contributed by atoms with Crippen LogP contribution in [0.3, 0.4) is 0 Å². The summed E-state index contributed by atoms with van der Waals surface area (Å²) in [5.74, 6) is -0.114. The first-order valence-corrected chi connectivity index (χ1v) is 7.78. The van der Waals surface area contributed by atoms with Gasteiger partial charge in [0.15, 0.2) is 0 Å². The number of nitro groups is 1. The van der Waals surface area contributed by atoms with Crippen LogP contribution in [0.1, 0.15) is 35.2 Å². The molecule has 1 fully saturated rings. The SMILES string of the molecule is Cc1ccc(C(=O)N(CCBr)C2CCC2)cc1[N+](=O)[O-]. The first kappa shape index (κ1) is 15.0. The largest absolute Gasteiger partial charge is 0.335 e. The fraction of sp³-hybridized carbons (Fsp3) is 0.500. The second kappa shape index (κ2) is 6.35. The average molecular weight is 341 g/mol. The molecule has 108 valence electrons. The van der Waals surface area contributed by atoms with E-state index in [2.05, 4.69) is 15.9 Å². The number of nitro benzene ring substituents is 1. The average Bonchev–Trinajstić information content (AvgIpc) is 2.35. The van der Waals surface area contributed by atoms with Gasteiger partial charge in [-0.05, 0) is 32.3 Å². The summed E-state index contributed by atoms with van der Waals surface area (Å²) in [7, 11) is 0. The minimum atomic E-state index is -0.440. The third-order valence-electron chi connectivity index (χ3n) is 3.75. The zero-order chi connectivity index (χ0) is 14.7. The molecule has 0 atom stereocenters. The molecular weight excluding hydrogens is 324 g/mol. The maximum absolute atomic E-state index is 12.5. The van der Waals surface area contributed by atoms with Gasteiger partial charge in [0.05, 0.1) is 4.92 Å².